The van der Waals surface area contributed by atoms with Crippen LogP contribution in [0.3, 0.4) is 0 Å². The first-order chi connectivity index (χ1) is 7.95. The van der Waals surface area contributed by atoms with Crippen molar-refractivity contribution in [3.05, 3.63) is 37.1 Å². The Bertz CT molecular complexity index is 557. The molecule has 17 heavy (non-hydrogen) atoms. The number of aromatic amines is 1. The average Bonchev–Trinajstić information content (AvgIpc) is 2.21. The van der Waals surface area contributed by atoms with Crippen molar-refractivity contribution in [2.45, 2.75) is 6.54 Å². The summed E-state index contributed by atoms with van der Waals surface area (Å²) >= 11 is 0. The third kappa shape index (κ3) is 3.08. The van der Waals surface area contributed by atoms with E-state index in [1.807, 2.05) is 0 Å². The summed E-state index contributed by atoms with van der Waals surface area (Å²) in [4.78, 5) is 44.7. The van der Waals surface area contributed by atoms with E-state index in [0.29, 0.717) is 0 Å². The van der Waals surface area contributed by atoms with E-state index in [0.717, 1.165) is 10.8 Å². The molecule has 0 aromatic carbocycles. The molecule has 0 radical (unpaired) electrons. The molecule has 0 atom stereocenters. The van der Waals surface area contributed by atoms with Crippen molar-refractivity contribution in [1.29, 1.82) is 0 Å². The quantitative estimate of drug-likeness (QED) is 0.504. The largest absolute Gasteiger partial charge is 0.377 e. The number of carbonyl (C=O) groups is 1. The number of rotatable bonds is 5. The number of ether oxygens (including phenoxy) is 1. The number of methoxy groups -OCH3 is 1. The van der Waals surface area contributed by atoms with Crippen molar-refractivity contribution in [2.24, 2.45) is 0 Å². The van der Waals surface area contributed by atoms with Gasteiger partial charge in [-0.15, -0.1) is 0 Å². The summed E-state index contributed by atoms with van der Waals surface area (Å²) in [5, 5.41) is 10.5. The van der Waals surface area contributed by atoms with E-state index < -0.39 is 34.2 Å². The Labute approximate surface area is 93.8 Å². The number of aromatic nitrogens is 2. The molecule has 9 nitrogen and oxygen atoms in total. The van der Waals surface area contributed by atoms with Gasteiger partial charge in [-0.05, 0) is 0 Å². The van der Waals surface area contributed by atoms with E-state index >= 15 is 0 Å². The minimum atomic E-state index is -1.10. The van der Waals surface area contributed by atoms with E-state index in [-0.39, 0.29) is 6.61 Å². The number of carbonyl (C=O) groups excluding carboxylic acids is 1. The van der Waals surface area contributed by atoms with Gasteiger partial charge in [-0.1, -0.05) is 0 Å². The summed E-state index contributed by atoms with van der Waals surface area (Å²) in [5.41, 5.74) is -2.78. The molecule has 0 bridgehead atoms. The zero-order chi connectivity index (χ0) is 13.0. The van der Waals surface area contributed by atoms with E-state index in [2.05, 4.69) is 4.74 Å². The van der Waals surface area contributed by atoms with E-state index in [9.17, 15) is 24.5 Å². The topological polar surface area (TPSA) is 124 Å². The lowest BCUT2D eigenvalue weighted by Gasteiger charge is -2.02. The second-order valence-electron chi connectivity index (χ2n) is 3.13. The molecule has 0 fully saturated rings. The fourth-order valence-corrected chi connectivity index (χ4v) is 1.14. The average molecular weight is 243 g/mol. The van der Waals surface area contributed by atoms with Gasteiger partial charge in [0.1, 0.15) is 6.61 Å². The van der Waals surface area contributed by atoms with Gasteiger partial charge in [0.2, 0.25) is 0 Å². The Balaban J connectivity index is 3.13. The van der Waals surface area contributed by atoms with Crippen LogP contribution in [0.15, 0.2) is 15.8 Å². The summed E-state index contributed by atoms with van der Waals surface area (Å²) in [5.74, 6) is -0.448. The number of nitrogens with zero attached hydrogens (tertiary/aromatic N) is 2. The molecule has 0 amide bonds. The fraction of sp³-hybridized carbons (Fsp3) is 0.375. The fourth-order valence-electron chi connectivity index (χ4n) is 1.14. The van der Waals surface area contributed by atoms with Crippen molar-refractivity contribution >= 4 is 11.5 Å². The highest BCUT2D eigenvalue weighted by atomic mass is 16.6. The second-order valence-corrected chi connectivity index (χ2v) is 3.13. The van der Waals surface area contributed by atoms with E-state index in [4.69, 9.17) is 0 Å². The minimum Gasteiger partial charge on any atom is -0.377 e. The molecule has 1 heterocycles. The zero-order valence-electron chi connectivity index (χ0n) is 8.84. The highest BCUT2D eigenvalue weighted by molar-refractivity contribution is 5.79. The lowest BCUT2D eigenvalue weighted by atomic mass is 10.4. The highest BCUT2D eigenvalue weighted by Crippen LogP contribution is 1.98. The summed E-state index contributed by atoms with van der Waals surface area (Å²) in [6.07, 6.45) is 0.731. The Kier molecular flexibility index (Phi) is 3.88. The molecule has 1 aromatic heterocycles. The van der Waals surface area contributed by atoms with Crippen LogP contribution >= 0.6 is 0 Å². The predicted molar refractivity (Wildman–Crippen MR) is 54.9 cm³/mol. The zero-order valence-corrected chi connectivity index (χ0v) is 8.84. The number of H-pyrrole nitrogens is 1. The Morgan fingerprint density at radius 1 is 1.59 bits per heavy atom. The molecule has 0 saturated carbocycles. The third-order valence-electron chi connectivity index (χ3n) is 1.84. The molecule has 0 aliphatic rings. The van der Waals surface area contributed by atoms with Crippen LogP contribution in [0.1, 0.15) is 0 Å². The van der Waals surface area contributed by atoms with Gasteiger partial charge in [-0.25, -0.2) is 4.79 Å². The molecular weight excluding hydrogens is 234 g/mol. The predicted octanol–water partition coefficient (Wildman–Crippen LogP) is -1.34. The SMILES string of the molecule is COCC(=O)Cn1cc([N+](=O)[O-])c(=O)[nH]c1=O. The van der Waals surface area contributed by atoms with Crippen LogP contribution in [0.2, 0.25) is 0 Å². The number of hydrogen-bond acceptors (Lipinski definition) is 6. The van der Waals surface area contributed by atoms with Gasteiger partial charge in [-0.2, -0.15) is 0 Å². The number of Topliss-reactive ketones (excluding diaryl/α,β-unsaturated/α-hetero) is 1. The number of nitro groups is 1. The van der Waals surface area contributed by atoms with Crippen LogP contribution in [0.25, 0.3) is 0 Å². The first kappa shape index (κ1) is 12.8. The van der Waals surface area contributed by atoms with Gasteiger partial charge < -0.3 is 4.74 Å². The van der Waals surface area contributed by atoms with E-state index in [1.165, 1.54) is 7.11 Å². The molecule has 0 aliphatic carbocycles. The van der Waals surface area contributed by atoms with E-state index in [1.54, 1.807) is 4.98 Å². The monoisotopic (exact) mass is 243 g/mol. The molecular formula is C8H9N3O6. The molecule has 1 rings (SSSR count). The maximum atomic E-state index is 11.2. The Hall–Kier alpha value is -2.29. The van der Waals surface area contributed by atoms with Crippen molar-refractivity contribution < 1.29 is 14.5 Å². The number of nitrogens with one attached hydrogen (secondary N) is 1. The van der Waals surface area contributed by atoms with Crippen LogP contribution in [0, 0.1) is 10.1 Å². The van der Waals surface area contributed by atoms with Crippen LogP contribution in [0.5, 0.6) is 0 Å². The van der Waals surface area contributed by atoms with Gasteiger partial charge in [-0.3, -0.25) is 29.3 Å². The van der Waals surface area contributed by atoms with Crippen molar-refractivity contribution in [1.82, 2.24) is 9.55 Å². The lowest BCUT2D eigenvalue weighted by Crippen LogP contribution is -2.33. The highest BCUT2D eigenvalue weighted by Gasteiger charge is 2.16. The van der Waals surface area contributed by atoms with Gasteiger partial charge >= 0.3 is 16.9 Å². The molecule has 1 N–H and O–H groups in total. The maximum Gasteiger partial charge on any atom is 0.350 e. The first-order valence-electron chi connectivity index (χ1n) is 4.44. The number of hydrogen-bond donors (Lipinski definition) is 1. The van der Waals surface area contributed by atoms with Crippen LogP contribution < -0.4 is 11.2 Å². The van der Waals surface area contributed by atoms with Gasteiger partial charge in [0.05, 0.1) is 17.7 Å². The summed E-state index contributed by atoms with van der Waals surface area (Å²) < 4.78 is 5.30. The molecule has 0 spiro atoms. The smallest absolute Gasteiger partial charge is 0.350 e. The standard InChI is InChI=1S/C8H9N3O6/c1-17-4-5(12)2-10-3-6(11(15)16)7(13)9-8(10)14/h3H,2,4H2,1H3,(H,9,13,14). The van der Waals surface area contributed by atoms with Gasteiger partial charge in [0.25, 0.3) is 0 Å². The number of ketones is 1. The van der Waals surface area contributed by atoms with Crippen molar-refractivity contribution in [3.63, 3.8) is 0 Å². The molecule has 92 valence electrons. The van der Waals surface area contributed by atoms with Crippen LogP contribution in [-0.4, -0.2) is 34.0 Å². The Morgan fingerprint density at radius 3 is 2.76 bits per heavy atom. The molecule has 9 heteroatoms. The molecule has 0 saturated heterocycles. The molecule has 0 aliphatic heterocycles. The third-order valence-corrected chi connectivity index (χ3v) is 1.84. The van der Waals surface area contributed by atoms with Gasteiger partial charge in [0.15, 0.2) is 5.78 Å². The maximum absolute atomic E-state index is 11.2. The Morgan fingerprint density at radius 2 is 2.24 bits per heavy atom. The first-order valence-corrected chi connectivity index (χ1v) is 4.44. The van der Waals surface area contributed by atoms with Crippen molar-refractivity contribution in [3.8, 4) is 0 Å². The van der Waals surface area contributed by atoms with Crippen LogP contribution in [0.4, 0.5) is 5.69 Å². The summed E-state index contributed by atoms with van der Waals surface area (Å²) in [7, 11) is 1.30. The lowest BCUT2D eigenvalue weighted by molar-refractivity contribution is -0.386. The molecule has 0 unspecified atom stereocenters. The second kappa shape index (κ2) is 5.16. The molecule has 1 aromatic rings. The minimum absolute atomic E-state index is 0.223. The normalized spacial score (nSPS) is 10.2. The van der Waals surface area contributed by atoms with Gasteiger partial charge in [0, 0.05) is 7.11 Å². The van der Waals surface area contributed by atoms with Crippen molar-refractivity contribution in [2.75, 3.05) is 13.7 Å². The summed E-state index contributed by atoms with van der Waals surface area (Å²) in [6.45, 7) is -0.621. The van der Waals surface area contributed by atoms with Crippen LogP contribution in [-0.2, 0) is 16.1 Å². The summed E-state index contributed by atoms with van der Waals surface area (Å²) in [6, 6.07) is 0.